The highest BCUT2D eigenvalue weighted by Crippen LogP contribution is 2.17. The molecule has 0 aromatic heterocycles. The van der Waals surface area contributed by atoms with E-state index in [0.29, 0.717) is 39.2 Å². The standard InChI is InChI=1S/C24H35N5O3/c1-2-25-24(28-13-11-27(12-14-28)23(31)21-8-5-15-32-21)26-17-19-6-3-7-20(16-19)18-29-10-4-9-22(29)30/h3,6-7,16,21H,2,4-5,8-15,17-18H2,1H3,(H,25,26). The molecule has 3 fully saturated rings. The zero-order chi connectivity index (χ0) is 22.3. The van der Waals surface area contributed by atoms with E-state index in [-0.39, 0.29) is 17.9 Å². The molecule has 1 unspecified atom stereocenters. The summed E-state index contributed by atoms with van der Waals surface area (Å²) in [6, 6.07) is 8.36. The summed E-state index contributed by atoms with van der Waals surface area (Å²) in [5.41, 5.74) is 2.29. The molecule has 8 heteroatoms. The Morgan fingerprint density at radius 1 is 1.12 bits per heavy atom. The fraction of sp³-hybridized carbons (Fsp3) is 0.625. The number of amides is 2. The number of benzene rings is 1. The van der Waals surface area contributed by atoms with Gasteiger partial charge in [-0.05, 0) is 37.3 Å². The molecule has 1 aromatic rings. The van der Waals surface area contributed by atoms with Crippen molar-refractivity contribution in [2.24, 2.45) is 4.99 Å². The highest BCUT2D eigenvalue weighted by molar-refractivity contribution is 5.83. The van der Waals surface area contributed by atoms with E-state index >= 15 is 0 Å². The van der Waals surface area contributed by atoms with Crippen LogP contribution in [0.25, 0.3) is 0 Å². The van der Waals surface area contributed by atoms with Crippen molar-refractivity contribution in [1.82, 2.24) is 20.0 Å². The number of carbonyl (C=O) groups is 2. The van der Waals surface area contributed by atoms with E-state index in [1.807, 2.05) is 15.9 Å². The van der Waals surface area contributed by atoms with E-state index in [1.165, 1.54) is 0 Å². The first-order valence-electron chi connectivity index (χ1n) is 11.9. The van der Waals surface area contributed by atoms with E-state index in [4.69, 9.17) is 9.73 Å². The molecule has 3 aliphatic heterocycles. The molecule has 8 nitrogen and oxygen atoms in total. The lowest BCUT2D eigenvalue weighted by molar-refractivity contribution is -0.142. The third kappa shape index (κ3) is 5.59. The zero-order valence-corrected chi connectivity index (χ0v) is 19.1. The lowest BCUT2D eigenvalue weighted by atomic mass is 10.1. The van der Waals surface area contributed by atoms with Crippen LogP contribution < -0.4 is 5.32 Å². The SMILES string of the molecule is CCNC(=NCc1cccc(CN2CCCC2=O)c1)N1CCN(C(=O)C2CCCO2)CC1. The molecule has 1 atom stereocenters. The smallest absolute Gasteiger partial charge is 0.251 e. The average molecular weight is 442 g/mol. The number of rotatable bonds is 6. The molecule has 0 saturated carbocycles. The number of nitrogens with zero attached hydrogens (tertiary/aromatic N) is 4. The second-order valence-corrected chi connectivity index (χ2v) is 8.72. The second-order valence-electron chi connectivity index (χ2n) is 8.72. The summed E-state index contributed by atoms with van der Waals surface area (Å²) in [5, 5.41) is 3.40. The third-order valence-electron chi connectivity index (χ3n) is 6.38. The van der Waals surface area contributed by atoms with Crippen molar-refractivity contribution >= 4 is 17.8 Å². The monoisotopic (exact) mass is 441 g/mol. The number of piperazine rings is 1. The Morgan fingerprint density at radius 3 is 2.59 bits per heavy atom. The van der Waals surface area contributed by atoms with E-state index in [9.17, 15) is 9.59 Å². The quantitative estimate of drug-likeness (QED) is 0.536. The van der Waals surface area contributed by atoms with Gasteiger partial charge in [-0.1, -0.05) is 24.3 Å². The lowest BCUT2D eigenvalue weighted by Crippen LogP contribution is -2.55. The van der Waals surface area contributed by atoms with Gasteiger partial charge >= 0.3 is 0 Å². The summed E-state index contributed by atoms with van der Waals surface area (Å²) in [7, 11) is 0. The number of nitrogens with one attached hydrogen (secondary N) is 1. The van der Waals surface area contributed by atoms with Crippen molar-refractivity contribution in [2.75, 3.05) is 45.9 Å². The van der Waals surface area contributed by atoms with Crippen molar-refractivity contribution in [2.45, 2.75) is 51.8 Å². The van der Waals surface area contributed by atoms with Gasteiger partial charge in [0.2, 0.25) is 5.91 Å². The Bertz CT molecular complexity index is 829. The van der Waals surface area contributed by atoms with E-state index in [1.54, 1.807) is 0 Å². The maximum atomic E-state index is 12.6. The molecule has 0 aliphatic carbocycles. The van der Waals surface area contributed by atoms with Gasteiger partial charge in [-0.25, -0.2) is 4.99 Å². The van der Waals surface area contributed by atoms with Gasteiger partial charge in [0, 0.05) is 58.8 Å². The predicted octanol–water partition coefficient (Wildman–Crippen LogP) is 1.60. The summed E-state index contributed by atoms with van der Waals surface area (Å²) in [6.45, 7) is 8.60. The number of aliphatic imine (C=N–C) groups is 1. The number of hydrogen-bond donors (Lipinski definition) is 1. The fourth-order valence-electron chi connectivity index (χ4n) is 4.62. The summed E-state index contributed by atoms with van der Waals surface area (Å²) in [6.07, 6.45) is 3.20. The Kier molecular flexibility index (Phi) is 7.63. The Balaban J connectivity index is 1.33. The molecule has 2 amide bonds. The summed E-state index contributed by atoms with van der Waals surface area (Å²) >= 11 is 0. The predicted molar refractivity (Wildman–Crippen MR) is 123 cm³/mol. The first-order valence-corrected chi connectivity index (χ1v) is 11.9. The third-order valence-corrected chi connectivity index (χ3v) is 6.38. The van der Waals surface area contributed by atoms with Gasteiger partial charge in [0.25, 0.3) is 5.91 Å². The molecule has 3 saturated heterocycles. The summed E-state index contributed by atoms with van der Waals surface area (Å²) < 4.78 is 5.56. The highest BCUT2D eigenvalue weighted by atomic mass is 16.5. The normalized spacial score (nSPS) is 22.0. The van der Waals surface area contributed by atoms with Crippen molar-refractivity contribution in [3.63, 3.8) is 0 Å². The number of carbonyl (C=O) groups excluding carboxylic acids is 2. The van der Waals surface area contributed by atoms with Crippen molar-refractivity contribution in [3.8, 4) is 0 Å². The van der Waals surface area contributed by atoms with Crippen molar-refractivity contribution < 1.29 is 14.3 Å². The minimum Gasteiger partial charge on any atom is -0.368 e. The van der Waals surface area contributed by atoms with Crippen LogP contribution in [0.3, 0.4) is 0 Å². The molecular formula is C24H35N5O3. The number of guanidine groups is 1. The topological polar surface area (TPSA) is 77.5 Å². The molecule has 0 spiro atoms. The second kappa shape index (κ2) is 10.8. The summed E-state index contributed by atoms with van der Waals surface area (Å²) in [4.78, 5) is 35.5. The van der Waals surface area contributed by atoms with Crippen LogP contribution in [0, 0.1) is 0 Å². The summed E-state index contributed by atoms with van der Waals surface area (Å²) in [5.74, 6) is 1.27. The van der Waals surface area contributed by atoms with E-state index in [2.05, 4.69) is 35.3 Å². The average Bonchev–Trinajstić information content (AvgIpc) is 3.49. The molecule has 1 aromatic carbocycles. The van der Waals surface area contributed by atoms with Crippen LogP contribution in [-0.4, -0.2) is 84.5 Å². The Labute approximate surface area is 190 Å². The molecule has 1 N–H and O–H groups in total. The Hall–Kier alpha value is -2.61. The van der Waals surface area contributed by atoms with Gasteiger partial charge in [-0.15, -0.1) is 0 Å². The maximum Gasteiger partial charge on any atom is 0.251 e. The molecule has 32 heavy (non-hydrogen) atoms. The van der Waals surface area contributed by atoms with Crippen LogP contribution in [0.2, 0.25) is 0 Å². The Morgan fingerprint density at radius 2 is 1.91 bits per heavy atom. The van der Waals surface area contributed by atoms with Crippen LogP contribution in [0.1, 0.15) is 43.7 Å². The van der Waals surface area contributed by atoms with Crippen LogP contribution in [0.5, 0.6) is 0 Å². The van der Waals surface area contributed by atoms with E-state index < -0.39 is 0 Å². The molecule has 4 rings (SSSR count). The molecular weight excluding hydrogens is 406 g/mol. The van der Waals surface area contributed by atoms with Gasteiger partial charge < -0.3 is 24.8 Å². The van der Waals surface area contributed by atoms with Crippen LogP contribution >= 0.6 is 0 Å². The van der Waals surface area contributed by atoms with Gasteiger partial charge in [0.05, 0.1) is 6.54 Å². The number of ether oxygens (including phenoxy) is 1. The molecule has 3 aliphatic rings. The number of hydrogen-bond acceptors (Lipinski definition) is 4. The molecule has 174 valence electrons. The van der Waals surface area contributed by atoms with Gasteiger partial charge in [-0.3, -0.25) is 9.59 Å². The zero-order valence-electron chi connectivity index (χ0n) is 19.1. The number of likely N-dealkylation sites (tertiary alicyclic amines) is 1. The minimum absolute atomic E-state index is 0.136. The van der Waals surface area contributed by atoms with Crippen molar-refractivity contribution in [1.29, 1.82) is 0 Å². The molecule has 3 heterocycles. The van der Waals surface area contributed by atoms with Crippen LogP contribution in [0.15, 0.2) is 29.3 Å². The molecule has 0 radical (unpaired) electrons. The largest absolute Gasteiger partial charge is 0.368 e. The lowest BCUT2D eigenvalue weighted by Gasteiger charge is -2.37. The van der Waals surface area contributed by atoms with Gasteiger partial charge in [0.15, 0.2) is 5.96 Å². The minimum atomic E-state index is -0.244. The fourth-order valence-corrected chi connectivity index (χ4v) is 4.62. The van der Waals surface area contributed by atoms with E-state index in [0.717, 1.165) is 62.5 Å². The maximum absolute atomic E-state index is 12.6. The van der Waals surface area contributed by atoms with Crippen LogP contribution in [0.4, 0.5) is 0 Å². The molecule has 0 bridgehead atoms. The first kappa shape index (κ1) is 22.6. The van der Waals surface area contributed by atoms with Gasteiger partial charge in [0.1, 0.15) is 6.10 Å². The van der Waals surface area contributed by atoms with Crippen molar-refractivity contribution in [3.05, 3.63) is 35.4 Å². The highest BCUT2D eigenvalue weighted by Gasteiger charge is 2.31. The van der Waals surface area contributed by atoms with Crippen LogP contribution in [-0.2, 0) is 27.4 Å². The van der Waals surface area contributed by atoms with Gasteiger partial charge in [-0.2, -0.15) is 0 Å². The first-order chi connectivity index (χ1) is 15.6.